The molecule has 0 aliphatic rings. The van der Waals surface area contributed by atoms with Crippen molar-refractivity contribution >= 4 is 21.8 Å². The van der Waals surface area contributed by atoms with Gasteiger partial charge in [0.15, 0.2) is 5.76 Å². The number of nitrogens with one attached hydrogen (secondary N) is 1. The van der Waals surface area contributed by atoms with Gasteiger partial charge in [-0.15, -0.1) is 0 Å². The Morgan fingerprint density at radius 2 is 2.29 bits per heavy atom. The van der Waals surface area contributed by atoms with Crippen molar-refractivity contribution in [3.63, 3.8) is 0 Å². The minimum absolute atomic E-state index is 0.219. The van der Waals surface area contributed by atoms with E-state index >= 15 is 0 Å². The summed E-state index contributed by atoms with van der Waals surface area (Å²) in [7, 11) is 0. The van der Waals surface area contributed by atoms with Crippen molar-refractivity contribution in [1.82, 2.24) is 10.5 Å². The summed E-state index contributed by atoms with van der Waals surface area (Å²) in [5.41, 5.74) is 0.255. The topological polar surface area (TPSA) is 55.1 Å². The van der Waals surface area contributed by atoms with E-state index < -0.39 is 5.82 Å². The lowest BCUT2D eigenvalue weighted by Gasteiger charge is -2.03. The summed E-state index contributed by atoms with van der Waals surface area (Å²) in [5, 5.41) is 6.10. The molecule has 1 amide bonds. The molecule has 0 bridgehead atoms. The molecular formula is C11H8BrFN2O2. The highest BCUT2D eigenvalue weighted by molar-refractivity contribution is 9.10. The molecule has 0 spiro atoms. The Morgan fingerprint density at radius 3 is 2.94 bits per heavy atom. The molecule has 0 atom stereocenters. The Morgan fingerprint density at radius 1 is 1.47 bits per heavy atom. The summed E-state index contributed by atoms with van der Waals surface area (Å²) in [6.45, 7) is 0.219. The zero-order valence-corrected chi connectivity index (χ0v) is 10.2. The molecule has 2 rings (SSSR count). The molecule has 1 heterocycles. The van der Waals surface area contributed by atoms with E-state index in [1.165, 1.54) is 24.4 Å². The molecule has 0 unspecified atom stereocenters. The third kappa shape index (κ3) is 2.91. The third-order valence-corrected chi connectivity index (χ3v) is 2.74. The minimum atomic E-state index is -0.475. The Bertz CT molecular complexity index is 528. The maximum atomic E-state index is 13.2. The highest BCUT2D eigenvalue weighted by atomic mass is 79.9. The van der Waals surface area contributed by atoms with Crippen molar-refractivity contribution in [1.29, 1.82) is 0 Å². The van der Waals surface area contributed by atoms with Crippen molar-refractivity contribution in [3.8, 4) is 0 Å². The second-order valence-corrected chi connectivity index (χ2v) is 4.14. The standard InChI is InChI=1S/C11H8BrFN2O2/c12-9-2-1-7(5-10(9)13)11(16)14-6-8-3-4-15-17-8/h1-5H,6H2,(H,14,16). The highest BCUT2D eigenvalue weighted by Crippen LogP contribution is 2.16. The molecule has 6 heteroatoms. The van der Waals surface area contributed by atoms with Gasteiger partial charge in [-0.05, 0) is 34.1 Å². The molecule has 4 nitrogen and oxygen atoms in total. The van der Waals surface area contributed by atoms with Crippen LogP contribution in [-0.4, -0.2) is 11.1 Å². The number of aromatic nitrogens is 1. The van der Waals surface area contributed by atoms with Gasteiger partial charge in [0.2, 0.25) is 0 Å². The minimum Gasteiger partial charge on any atom is -0.360 e. The van der Waals surface area contributed by atoms with E-state index in [1.54, 1.807) is 6.07 Å². The van der Waals surface area contributed by atoms with Crippen LogP contribution in [0.4, 0.5) is 4.39 Å². The predicted octanol–water partition coefficient (Wildman–Crippen LogP) is 2.51. The number of rotatable bonds is 3. The summed E-state index contributed by atoms with van der Waals surface area (Å²) in [5.74, 6) is -0.305. The molecule has 0 saturated heterocycles. The number of carbonyl (C=O) groups is 1. The first-order chi connectivity index (χ1) is 8.16. The van der Waals surface area contributed by atoms with Crippen LogP contribution in [0, 0.1) is 5.82 Å². The Balaban J connectivity index is 2.02. The van der Waals surface area contributed by atoms with E-state index in [0.717, 1.165) is 0 Å². The molecule has 1 N–H and O–H groups in total. The number of halogens is 2. The third-order valence-electron chi connectivity index (χ3n) is 2.10. The monoisotopic (exact) mass is 298 g/mol. The number of nitrogens with zero attached hydrogens (tertiary/aromatic N) is 1. The van der Waals surface area contributed by atoms with E-state index in [9.17, 15) is 9.18 Å². The van der Waals surface area contributed by atoms with Gasteiger partial charge in [-0.3, -0.25) is 4.79 Å². The molecule has 0 aliphatic carbocycles. The summed E-state index contributed by atoms with van der Waals surface area (Å²) >= 11 is 3.02. The molecule has 0 saturated carbocycles. The zero-order chi connectivity index (χ0) is 12.3. The summed E-state index contributed by atoms with van der Waals surface area (Å²) in [4.78, 5) is 11.6. The molecular weight excluding hydrogens is 291 g/mol. The van der Waals surface area contributed by atoms with E-state index in [2.05, 4.69) is 26.4 Å². The van der Waals surface area contributed by atoms with Crippen molar-refractivity contribution < 1.29 is 13.7 Å². The van der Waals surface area contributed by atoms with Gasteiger partial charge in [-0.2, -0.15) is 0 Å². The second-order valence-electron chi connectivity index (χ2n) is 3.29. The van der Waals surface area contributed by atoms with Gasteiger partial charge in [-0.25, -0.2) is 4.39 Å². The van der Waals surface area contributed by atoms with Gasteiger partial charge in [0.25, 0.3) is 5.91 Å². The molecule has 17 heavy (non-hydrogen) atoms. The molecule has 0 aliphatic heterocycles. The fourth-order valence-corrected chi connectivity index (χ4v) is 1.49. The fraction of sp³-hybridized carbons (Fsp3) is 0.0909. The van der Waals surface area contributed by atoms with Gasteiger partial charge >= 0.3 is 0 Å². The van der Waals surface area contributed by atoms with Crippen LogP contribution in [0.2, 0.25) is 0 Å². The van der Waals surface area contributed by atoms with Gasteiger partial charge in [-0.1, -0.05) is 5.16 Å². The van der Waals surface area contributed by atoms with Crippen LogP contribution in [0.15, 0.2) is 39.5 Å². The molecule has 0 radical (unpaired) electrons. The maximum absolute atomic E-state index is 13.2. The Hall–Kier alpha value is -1.69. The largest absolute Gasteiger partial charge is 0.360 e. The van der Waals surface area contributed by atoms with Crippen molar-refractivity contribution in [2.75, 3.05) is 0 Å². The lowest BCUT2D eigenvalue weighted by Crippen LogP contribution is -2.22. The molecule has 1 aromatic carbocycles. The van der Waals surface area contributed by atoms with Crippen LogP contribution < -0.4 is 5.32 Å². The van der Waals surface area contributed by atoms with Crippen LogP contribution in [0.25, 0.3) is 0 Å². The normalized spacial score (nSPS) is 10.2. The molecule has 1 aromatic heterocycles. The lowest BCUT2D eigenvalue weighted by atomic mass is 10.2. The van der Waals surface area contributed by atoms with Gasteiger partial charge in [0.1, 0.15) is 5.82 Å². The maximum Gasteiger partial charge on any atom is 0.251 e. The predicted molar refractivity (Wildman–Crippen MR) is 61.8 cm³/mol. The van der Waals surface area contributed by atoms with Gasteiger partial charge in [0.05, 0.1) is 17.2 Å². The highest BCUT2D eigenvalue weighted by Gasteiger charge is 2.09. The van der Waals surface area contributed by atoms with Crippen LogP contribution in [0.1, 0.15) is 16.1 Å². The van der Waals surface area contributed by atoms with Crippen molar-refractivity contribution in [2.45, 2.75) is 6.54 Å². The number of hydrogen-bond acceptors (Lipinski definition) is 3. The SMILES string of the molecule is O=C(NCc1ccno1)c1ccc(Br)c(F)c1. The summed E-state index contributed by atoms with van der Waals surface area (Å²) in [6, 6.07) is 5.82. The number of hydrogen-bond donors (Lipinski definition) is 1. The van der Waals surface area contributed by atoms with Crippen molar-refractivity contribution in [2.24, 2.45) is 0 Å². The van der Waals surface area contributed by atoms with Crippen LogP contribution in [0.5, 0.6) is 0 Å². The first kappa shape index (κ1) is 11.8. The van der Waals surface area contributed by atoms with E-state index in [0.29, 0.717) is 10.2 Å². The number of benzene rings is 1. The fourth-order valence-electron chi connectivity index (χ4n) is 1.24. The quantitative estimate of drug-likeness (QED) is 0.947. The second kappa shape index (κ2) is 5.09. The molecule has 2 aromatic rings. The average Bonchev–Trinajstić information content (AvgIpc) is 2.82. The number of carbonyl (C=O) groups excluding carboxylic acids is 1. The Labute approximate surface area is 105 Å². The van der Waals surface area contributed by atoms with Crippen LogP contribution >= 0.6 is 15.9 Å². The van der Waals surface area contributed by atoms with E-state index in [4.69, 9.17) is 4.52 Å². The first-order valence-electron chi connectivity index (χ1n) is 4.79. The van der Waals surface area contributed by atoms with Crippen LogP contribution in [0.3, 0.4) is 0 Å². The molecule has 88 valence electrons. The summed E-state index contributed by atoms with van der Waals surface area (Å²) < 4.78 is 18.3. The van der Waals surface area contributed by atoms with Gasteiger partial charge in [0, 0.05) is 11.6 Å². The Kier molecular flexibility index (Phi) is 3.53. The van der Waals surface area contributed by atoms with Crippen molar-refractivity contribution in [3.05, 3.63) is 52.1 Å². The van der Waals surface area contributed by atoms with Crippen LogP contribution in [-0.2, 0) is 6.54 Å². The van der Waals surface area contributed by atoms with E-state index in [1.807, 2.05) is 0 Å². The average molecular weight is 299 g/mol. The van der Waals surface area contributed by atoms with Gasteiger partial charge < -0.3 is 9.84 Å². The number of amides is 1. The zero-order valence-electron chi connectivity index (χ0n) is 8.61. The summed E-state index contributed by atoms with van der Waals surface area (Å²) in [6.07, 6.45) is 1.49. The van der Waals surface area contributed by atoms with E-state index in [-0.39, 0.29) is 18.0 Å². The first-order valence-corrected chi connectivity index (χ1v) is 5.59. The smallest absolute Gasteiger partial charge is 0.251 e. The lowest BCUT2D eigenvalue weighted by molar-refractivity contribution is 0.0946. The molecule has 0 fully saturated rings.